The van der Waals surface area contributed by atoms with Crippen LogP contribution < -0.4 is 10.6 Å². The van der Waals surface area contributed by atoms with Gasteiger partial charge >= 0.3 is 0 Å². The second kappa shape index (κ2) is 6.87. The first-order chi connectivity index (χ1) is 11.2. The Kier molecular flexibility index (Phi) is 4.47. The van der Waals surface area contributed by atoms with Crippen LogP contribution >= 0.6 is 0 Å². The third-order valence-corrected chi connectivity index (χ3v) is 3.29. The van der Waals surface area contributed by atoms with E-state index in [1.54, 1.807) is 31.2 Å². The second-order valence-corrected chi connectivity index (χ2v) is 5.13. The SMILES string of the molecule is Cc1nc(NCc2ccccc2)cc(Nc2ccccc2F)n1. The third kappa shape index (κ3) is 4.03. The predicted molar refractivity (Wildman–Crippen MR) is 90.2 cm³/mol. The molecule has 0 saturated carbocycles. The first-order valence-corrected chi connectivity index (χ1v) is 7.36. The minimum Gasteiger partial charge on any atom is -0.366 e. The fourth-order valence-electron chi connectivity index (χ4n) is 2.21. The molecule has 0 bridgehead atoms. The summed E-state index contributed by atoms with van der Waals surface area (Å²) >= 11 is 0. The highest BCUT2D eigenvalue weighted by Crippen LogP contribution is 2.20. The van der Waals surface area contributed by atoms with Gasteiger partial charge in [-0.15, -0.1) is 0 Å². The van der Waals surface area contributed by atoms with Crippen LogP contribution in [0.4, 0.5) is 21.7 Å². The van der Waals surface area contributed by atoms with Crippen molar-refractivity contribution in [2.24, 2.45) is 0 Å². The number of hydrogen-bond donors (Lipinski definition) is 2. The highest BCUT2D eigenvalue weighted by molar-refractivity contribution is 5.59. The van der Waals surface area contributed by atoms with Crippen molar-refractivity contribution in [1.82, 2.24) is 9.97 Å². The number of para-hydroxylation sites is 1. The maximum atomic E-state index is 13.7. The highest BCUT2D eigenvalue weighted by Gasteiger charge is 2.05. The van der Waals surface area contributed by atoms with E-state index < -0.39 is 0 Å². The number of nitrogens with one attached hydrogen (secondary N) is 2. The van der Waals surface area contributed by atoms with E-state index >= 15 is 0 Å². The fourth-order valence-corrected chi connectivity index (χ4v) is 2.21. The first kappa shape index (κ1) is 15.0. The molecule has 116 valence electrons. The van der Waals surface area contributed by atoms with Crippen LogP contribution in [0.3, 0.4) is 0 Å². The number of hydrogen-bond acceptors (Lipinski definition) is 4. The van der Waals surface area contributed by atoms with Gasteiger partial charge in [-0.25, -0.2) is 14.4 Å². The quantitative estimate of drug-likeness (QED) is 0.738. The van der Waals surface area contributed by atoms with Crippen LogP contribution in [-0.4, -0.2) is 9.97 Å². The van der Waals surface area contributed by atoms with Gasteiger partial charge in [-0.05, 0) is 24.6 Å². The van der Waals surface area contributed by atoms with Gasteiger partial charge in [-0.2, -0.15) is 0 Å². The van der Waals surface area contributed by atoms with Crippen LogP contribution in [0.5, 0.6) is 0 Å². The van der Waals surface area contributed by atoms with E-state index in [4.69, 9.17) is 0 Å². The average Bonchev–Trinajstić information content (AvgIpc) is 2.56. The van der Waals surface area contributed by atoms with Crippen molar-refractivity contribution in [3.63, 3.8) is 0 Å². The molecule has 3 aromatic rings. The standard InChI is InChI=1S/C18H17FN4/c1-13-21-17(20-12-14-7-3-2-4-8-14)11-18(22-13)23-16-10-6-5-9-15(16)19/h2-11H,12H2,1H3,(H2,20,21,22,23). The summed E-state index contributed by atoms with van der Waals surface area (Å²) in [6.45, 7) is 2.47. The summed E-state index contributed by atoms with van der Waals surface area (Å²) in [6.07, 6.45) is 0. The van der Waals surface area contributed by atoms with E-state index in [1.807, 2.05) is 30.3 Å². The van der Waals surface area contributed by atoms with Gasteiger partial charge in [0.1, 0.15) is 23.3 Å². The van der Waals surface area contributed by atoms with Crippen molar-refractivity contribution >= 4 is 17.3 Å². The summed E-state index contributed by atoms with van der Waals surface area (Å²) in [7, 11) is 0. The molecule has 0 radical (unpaired) electrons. The molecular weight excluding hydrogens is 291 g/mol. The molecule has 5 heteroatoms. The van der Waals surface area contributed by atoms with Gasteiger partial charge in [-0.3, -0.25) is 0 Å². The van der Waals surface area contributed by atoms with Crippen molar-refractivity contribution in [3.05, 3.63) is 77.9 Å². The lowest BCUT2D eigenvalue weighted by Gasteiger charge is -2.11. The smallest absolute Gasteiger partial charge is 0.146 e. The molecule has 0 saturated heterocycles. The summed E-state index contributed by atoms with van der Waals surface area (Å²) in [5.41, 5.74) is 1.55. The van der Waals surface area contributed by atoms with Crippen molar-refractivity contribution in [3.8, 4) is 0 Å². The molecule has 0 aliphatic carbocycles. The number of anilines is 3. The van der Waals surface area contributed by atoms with E-state index in [-0.39, 0.29) is 5.82 Å². The van der Waals surface area contributed by atoms with E-state index in [2.05, 4.69) is 20.6 Å². The summed E-state index contributed by atoms with van der Waals surface area (Å²) in [5.74, 6) is 1.54. The Balaban J connectivity index is 1.75. The van der Waals surface area contributed by atoms with Gasteiger partial charge < -0.3 is 10.6 Å². The van der Waals surface area contributed by atoms with Gasteiger partial charge in [0.25, 0.3) is 0 Å². The van der Waals surface area contributed by atoms with Crippen molar-refractivity contribution < 1.29 is 4.39 Å². The van der Waals surface area contributed by atoms with Gasteiger partial charge in [0.2, 0.25) is 0 Å². The molecule has 4 nitrogen and oxygen atoms in total. The summed E-state index contributed by atoms with van der Waals surface area (Å²) < 4.78 is 13.7. The zero-order chi connectivity index (χ0) is 16.1. The van der Waals surface area contributed by atoms with Crippen molar-refractivity contribution in [2.75, 3.05) is 10.6 Å². The van der Waals surface area contributed by atoms with E-state index in [0.29, 0.717) is 29.7 Å². The number of nitrogens with zero attached hydrogens (tertiary/aromatic N) is 2. The Labute approximate surface area is 134 Å². The zero-order valence-electron chi connectivity index (χ0n) is 12.8. The van der Waals surface area contributed by atoms with Gasteiger partial charge in [-0.1, -0.05) is 42.5 Å². The second-order valence-electron chi connectivity index (χ2n) is 5.13. The molecule has 2 N–H and O–H groups in total. The first-order valence-electron chi connectivity index (χ1n) is 7.36. The molecule has 23 heavy (non-hydrogen) atoms. The molecule has 0 atom stereocenters. The van der Waals surface area contributed by atoms with Crippen molar-refractivity contribution in [2.45, 2.75) is 13.5 Å². The van der Waals surface area contributed by atoms with Crippen LogP contribution in [-0.2, 0) is 6.54 Å². The maximum absolute atomic E-state index is 13.7. The van der Waals surface area contributed by atoms with Crippen LogP contribution in [0, 0.1) is 12.7 Å². The number of aryl methyl sites for hydroxylation is 1. The molecule has 2 aromatic carbocycles. The zero-order valence-corrected chi connectivity index (χ0v) is 12.8. The van der Waals surface area contributed by atoms with Crippen LogP contribution in [0.1, 0.15) is 11.4 Å². The monoisotopic (exact) mass is 308 g/mol. The number of halogens is 1. The van der Waals surface area contributed by atoms with E-state index in [9.17, 15) is 4.39 Å². The normalized spacial score (nSPS) is 10.3. The van der Waals surface area contributed by atoms with Gasteiger partial charge in [0.05, 0.1) is 5.69 Å². The highest BCUT2D eigenvalue weighted by atomic mass is 19.1. The van der Waals surface area contributed by atoms with Crippen LogP contribution in [0.25, 0.3) is 0 Å². The lowest BCUT2D eigenvalue weighted by atomic mass is 10.2. The van der Waals surface area contributed by atoms with Gasteiger partial charge in [0.15, 0.2) is 0 Å². The predicted octanol–water partition coefficient (Wildman–Crippen LogP) is 4.28. The minimum absolute atomic E-state index is 0.317. The van der Waals surface area contributed by atoms with Crippen LogP contribution in [0.2, 0.25) is 0 Å². The molecule has 0 aliphatic rings. The molecule has 0 aliphatic heterocycles. The van der Waals surface area contributed by atoms with E-state index in [1.165, 1.54) is 6.07 Å². The molecule has 0 fully saturated rings. The Morgan fingerprint density at radius 1 is 0.913 bits per heavy atom. The fraction of sp³-hybridized carbons (Fsp3) is 0.111. The molecule has 1 aromatic heterocycles. The topological polar surface area (TPSA) is 49.8 Å². The minimum atomic E-state index is -0.317. The number of rotatable bonds is 5. The lowest BCUT2D eigenvalue weighted by molar-refractivity contribution is 0.632. The molecule has 3 rings (SSSR count). The third-order valence-electron chi connectivity index (χ3n) is 3.29. The van der Waals surface area contributed by atoms with Gasteiger partial charge in [0, 0.05) is 12.6 Å². The maximum Gasteiger partial charge on any atom is 0.146 e. The lowest BCUT2D eigenvalue weighted by Crippen LogP contribution is -2.05. The molecule has 0 spiro atoms. The number of aromatic nitrogens is 2. The van der Waals surface area contributed by atoms with E-state index in [0.717, 1.165) is 5.56 Å². The summed E-state index contributed by atoms with van der Waals surface area (Å²) in [5, 5.41) is 6.24. The molecular formula is C18H17FN4. The molecule has 0 unspecified atom stereocenters. The average molecular weight is 308 g/mol. The van der Waals surface area contributed by atoms with Crippen LogP contribution in [0.15, 0.2) is 60.7 Å². The number of benzene rings is 2. The Bertz CT molecular complexity index is 790. The Morgan fingerprint density at radius 2 is 1.61 bits per heavy atom. The Hall–Kier alpha value is -2.95. The summed E-state index contributed by atoms with van der Waals surface area (Å²) in [4.78, 5) is 8.65. The molecule has 1 heterocycles. The summed E-state index contributed by atoms with van der Waals surface area (Å²) in [6, 6.07) is 18.3. The molecule has 0 amide bonds. The largest absolute Gasteiger partial charge is 0.366 e. The Morgan fingerprint density at radius 3 is 2.39 bits per heavy atom. The van der Waals surface area contributed by atoms with Crippen molar-refractivity contribution in [1.29, 1.82) is 0 Å².